The van der Waals surface area contributed by atoms with Gasteiger partial charge < -0.3 is 11.5 Å². The number of hydrazine groups is 2. The van der Waals surface area contributed by atoms with Gasteiger partial charge in [-0.2, -0.15) is 0 Å². The van der Waals surface area contributed by atoms with E-state index in [4.69, 9.17) is 23.2 Å². The zero-order chi connectivity index (χ0) is 19.3. The van der Waals surface area contributed by atoms with Crippen LogP contribution in [0.5, 0.6) is 0 Å². The van der Waals surface area contributed by atoms with Crippen LogP contribution >= 0.6 is 11.6 Å². The van der Waals surface area contributed by atoms with E-state index in [9.17, 15) is 19.2 Å². The fourth-order valence-corrected chi connectivity index (χ4v) is 0.349. The van der Waals surface area contributed by atoms with E-state index in [2.05, 4.69) is 11.2 Å². The third-order valence-corrected chi connectivity index (χ3v) is 2.37. The fraction of sp³-hybridized carbons (Fsp3) is 0.667. The van der Waals surface area contributed by atoms with E-state index >= 15 is 0 Å². The van der Waals surface area contributed by atoms with Gasteiger partial charge in [0.1, 0.15) is 0 Å². The predicted molar refractivity (Wildman–Crippen MR) is 87.6 cm³/mol. The Morgan fingerprint density at radius 3 is 1.35 bits per heavy atom. The Kier molecular flexibility index (Phi) is 15.3. The SMILES string of the molecule is CC(C)C(=O)Cl.CC(C)C(=O)NN(C)C(N)=O.CN(N)C(N)=O. The van der Waals surface area contributed by atoms with Gasteiger partial charge in [0.25, 0.3) is 0 Å². The molecule has 0 atom stereocenters. The van der Waals surface area contributed by atoms with Gasteiger partial charge in [-0.1, -0.05) is 27.7 Å². The van der Waals surface area contributed by atoms with Crippen LogP contribution in [0, 0.1) is 11.8 Å². The highest BCUT2D eigenvalue weighted by Gasteiger charge is 2.10. The molecule has 0 heterocycles. The van der Waals surface area contributed by atoms with Crippen LogP contribution in [0.2, 0.25) is 0 Å². The second kappa shape index (κ2) is 13.6. The largest absolute Gasteiger partial charge is 0.350 e. The van der Waals surface area contributed by atoms with Gasteiger partial charge in [0.15, 0.2) is 0 Å². The Morgan fingerprint density at radius 2 is 1.22 bits per heavy atom. The predicted octanol–water partition coefficient (Wildman–Crippen LogP) is -0.0375. The number of nitrogens with zero attached hydrogens (tertiary/aromatic N) is 2. The van der Waals surface area contributed by atoms with Gasteiger partial charge in [-0.15, -0.1) is 0 Å². The van der Waals surface area contributed by atoms with Crippen LogP contribution in [-0.2, 0) is 9.59 Å². The number of nitrogens with one attached hydrogen (secondary N) is 1. The molecule has 0 fully saturated rings. The molecule has 23 heavy (non-hydrogen) atoms. The second-order valence-electron chi connectivity index (χ2n) is 4.94. The molecule has 0 saturated heterocycles. The summed E-state index contributed by atoms with van der Waals surface area (Å²) in [6.07, 6.45) is 0. The number of hydrogen-bond acceptors (Lipinski definition) is 5. The maximum atomic E-state index is 10.9. The summed E-state index contributed by atoms with van der Waals surface area (Å²) in [5.41, 5.74) is 11.8. The Labute approximate surface area is 141 Å². The summed E-state index contributed by atoms with van der Waals surface area (Å²) in [5, 5.41) is 1.48. The Hall–Kier alpha value is -2.07. The number of nitrogens with two attached hydrogens (primary N) is 3. The number of primary amides is 2. The molecule has 0 radical (unpaired) electrons. The van der Waals surface area contributed by atoms with Crippen molar-refractivity contribution in [2.45, 2.75) is 27.7 Å². The number of carbonyl (C=O) groups excluding carboxylic acids is 4. The van der Waals surface area contributed by atoms with Gasteiger partial charge in [0.2, 0.25) is 11.1 Å². The lowest BCUT2D eigenvalue weighted by molar-refractivity contribution is -0.127. The minimum Gasteiger partial charge on any atom is -0.350 e. The van der Waals surface area contributed by atoms with Crippen molar-refractivity contribution in [3.8, 4) is 0 Å². The zero-order valence-corrected chi connectivity index (χ0v) is 15.0. The highest BCUT2D eigenvalue weighted by atomic mass is 35.5. The van der Waals surface area contributed by atoms with Gasteiger partial charge >= 0.3 is 12.1 Å². The number of hydrogen-bond donors (Lipinski definition) is 4. The summed E-state index contributed by atoms with van der Waals surface area (Å²) in [7, 11) is 2.77. The quantitative estimate of drug-likeness (QED) is 0.236. The number of amides is 5. The summed E-state index contributed by atoms with van der Waals surface area (Å²) >= 11 is 4.97. The van der Waals surface area contributed by atoms with Crippen molar-refractivity contribution in [1.82, 2.24) is 15.4 Å². The molecule has 0 aliphatic rings. The van der Waals surface area contributed by atoms with E-state index in [-0.39, 0.29) is 23.0 Å². The summed E-state index contributed by atoms with van der Waals surface area (Å²) < 4.78 is 0. The molecule has 0 unspecified atom stereocenters. The first-order chi connectivity index (χ1) is 10.2. The first-order valence-corrected chi connectivity index (χ1v) is 6.92. The second-order valence-corrected chi connectivity index (χ2v) is 5.31. The molecule has 0 aromatic heterocycles. The molecule has 0 spiro atoms. The lowest BCUT2D eigenvalue weighted by Crippen LogP contribution is -2.47. The Bertz CT molecular complexity index is 383. The van der Waals surface area contributed by atoms with Crippen molar-refractivity contribution in [2.75, 3.05) is 14.1 Å². The maximum absolute atomic E-state index is 10.9. The first kappa shape index (κ1) is 25.9. The fourth-order valence-electron chi connectivity index (χ4n) is 0.349. The van der Waals surface area contributed by atoms with Gasteiger partial charge in [-0.25, -0.2) is 20.4 Å². The zero-order valence-electron chi connectivity index (χ0n) is 14.3. The van der Waals surface area contributed by atoms with Gasteiger partial charge in [0.05, 0.1) is 0 Å². The van der Waals surface area contributed by atoms with Gasteiger partial charge in [0, 0.05) is 25.9 Å². The molecule has 0 aromatic carbocycles. The van der Waals surface area contributed by atoms with Crippen molar-refractivity contribution in [3.05, 3.63) is 0 Å². The van der Waals surface area contributed by atoms with Crippen LogP contribution in [-0.4, -0.2) is 47.3 Å². The van der Waals surface area contributed by atoms with E-state index in [1.54, 1.807) is 27.7 Å². The first-order valence-electron chi connectivity index (χ1n) is 6.54. The maximum Gasteiger partial charge on any atom is 0.333 e. The van der Waals surface area contributed by atoms with Crippen molar-refractivity contribution in [2.24, 2.45) is 29.1 Å². The molecule has 10 nitrogen and oxygen atoms in total. The molecule has 0 aliphatic heterocycles. The van der Waals surface area contributed by atoms with E-state index in [0.29, 0.717) is 0 Å². The monoisotopic (exact) mass is 354 g/mol. The molecule has 0 aromatic rings. The third-order valence-electron chi connectivity index (χ3n) is 1.93. The Balaban J connectivity index is -0.000000284. The van der Waals surface area contributed by atoms with Gasteiger partial charge in [-0.05, 0) is 11.6 Å². The van der Waals surface area contributed by atoms with Crippen LogP contribution in [0.1, 0.15) is 27.7 Å². The van der Waals surface area contributed by atoms with E-state index in [1.165, 1.54) is 14.1 Å². The summed E-state index contributed by atoms with van der Waals surface area (Å²) in [5.74, 6) is 4.39. The normalized spacial score (nSPS) is 8.96. The molecule has 0 aliphatic carbocycles. The minimum absolute atomic E-state index is 0.0216. The molecule has 0 rings (SSSR count). The number of halogens is 1. The summed E-state index contributed by atoms with van der Waals surface area (Å²) in [6.45, 7) is 6.97. The smallest absolute Gasteiger partial charge is 0.333 e. The van der Waals surface area contributed by atoms with Gasteiger partial charge in [-0.3, -0.25) is 20.0 Å². The lowest BCUT2D eigenvalue weighted by Gasteiger charge is -2.16. The molecule has 5 amide bonds. The molecule has 0 saturated carbocycles. The average Bonchev–Trinajstić information content (AvgIpc) is 2.39. The molecule has 11 heteroatoms. The van der Waals surface area contributed by atoms with Crippen molar-refractivity contribution in [3.63, 3.8) is 0 Å². The number of urea groups is 2. The van der Waals surface area contributed by atoms with Crippen LogP contribution in [0.15, 0.2) is 0 Å². The molecular formula is C12H27ClN6O4. The van der Waals surface area contributed by atoms with E-state index in [1.807, 2.05) is 0 Å². The van der Waals surface area contributed by atoms with Crippen LogP contribution in [0.4, 0.5) is 9.59 Å². The highest BCUT2D eigenvalue weighted by Crippen LogP contribution is 1.95. The lowest BCUT2D eigenvalue weighted by atomic mass is 10.2. The molecule has 136 valence electrons. The van der Waals surface area contributed by atoms with Crippen molar-refractivity contribution >= 4 is 34.8 Å². The average molecular weight is 355 g/mol. The minimum atomic E-state index is -0.681. The summed E-state index contributed by atoms with van der Waals surface area (Å²) in [4.78, 5) is 40.9. The van der Waals surface area contributed by atoms with E-state index in [0.717, 1.165) is 10.0 Å². The van der Waals surface area contributed by atoms with Crippen LogP contribution < -0.4 is 22.7 Å². The highest BCUT2D eigenvalue weighted by molar-refractivity contribution is 6.63. The van der Waals surface area contributed by atoms with E-state index < -0.39 is 12.1 Å². The van der Waals surface area contributed by atoms with Crippen LogP contribution in [0.3, 0.4) is 0 Å². The number of rotatable bonds is 2. The number of carbonyl (C=O) groups is 4. The van der Waals surface area contributed by atoms with Crippen LogP contribution in [0.25, 0.3) is 0 Å². The van der Waals surface area contributed by atoms with Crippen molar-refractivity contribution in [1.29, 1.82) is 0 Å². The molecular weight excluding hydrogens is 328 g/mol. The topological polar surface area (TPSA) is 165 Å². The molecule has 0 bridgehead atoms. The Morgan fingerprint density at radius 1 is 0.913 bits per heavy atom. The third kappa shape index (κ3) is 19.9. The summed E-state index contributed by atoms with van der Waals surface area (Å²) in [6, 6.07) is -1.31. The molecule has 7 N–H and O–H groups in total. The standard InChI is InChI=1S/C6H13N3O2.C4H7ClO.C2H7N3O/c1-4(2)5(10)8-9(3)6(7)11;1-3(2)4(5)6;1-5(4)2(3)6/h4H,1-3H3,(H2,7,11)(H,8,10);3H,1-2H3;4H2,1H3,(H2,3,6). The van der Waals surface area contributed by atoms with Crippen molar-refractivity contribution < 1.29 is 19.2 Å².